The average Bonchev–Trinajstić information content (AvgIpc) is 3.26. The first-order chi connectivity index (χ1) is 10.2. The molecule has 3 rings (SSSR count). The van der Waals surface area contributed by atoms with Crippen LogP contribution in [0.4, 0.5) is 0 Å². The Morgan fingerprint density at radius 1 is 1.05 bits per heavy atom. The fourth-order valence-corrected chi connectivity index (χ4v) is 2.66. The van der Waals surface area contributed by atoms with Gasteiger partial charge in [0.2, 0.25) is 0 Å². The van der Waals surface area contributed by atoms with E-state index in [0.29, 0.717) is 12.1 Å². The van der Waals surface area contributed by atoms with Gasteiger partial charge >= 0.3 is 5.97 Å². The summed E-state index contributed by atoms with van der Waals surface area (Å²) >= 11 is 0. The van der Waals surface area contributed by atoms with Gasteiger partial charge in [-0.3, -0.25) is 0 Å². The van der Waals surface area contributed by atoms with Crippen molar-refractivity contribution >= 4 is 5.97 Å². The average molecular weight is 281 g/mol. The number of nitrogens with one attached hydrogen (secondary N) is 1. The maximum Gasteiger partial charge on any atom is 0.335 e. The van der Waals surface area contributed by atoms with Crippen LogP contribution in [0.15, 0.2) is 54.6 Å². The minimum Gasteiger partial charge on any atom is -0.478 e. The van der Waals surface area contributed by atoms with Crippen LogP contribution in [0.3, 0.4) is 0 Å². The molecule has 2 N–H and O–H groups in total. The zero-order chi connectivity index (χ0) is 14.7. The molecule has 0 aromatic heterocycles. The number of carboxylic acids is 1. The first kappa shape index (κ1) is 13.8. The molecule has 1 saturated carbocycles. The van der Waals surface area contributed by atoms with E-state index < -0.39 is 5.97 Å². The Hall–Kier alpha value is -2.13. The fourth-order valence-electron chi connectivity index (χ4n) is 2.66. The maximum atomic E-state index is 11.0. The number of carboxylic acid groups (broad SMARTS) is 1. The Kier molecular flexibility index (Phi) is 3.76. The molecule has 0 radical (unpaired) electrons. The highest BCUT2D eigenvalue weighted by Gasteiger charge is 2.41. The summed E-state index contributed by atoms with van der Waals surface area (Å²) < 4.78 is 0. The predicted molar refractivity (Wildman–Crippen MR) is 82.4 cm³/mol. The molecule has 21 heavy (non-hydrogen) atoms. The number of benzene rings is 2. The molecular weight excluding hydrogens is 262 g/mol. The lowest BCUT2D eigenvalue weighted by atomic mass is 10.0. The minimum atomic E-state index is -0.873. The minimum absolute atomic E-state index is 0.195. The second-order valence-corrected chi connectivity index (χ2v) is 5.80. The van der Waals surface area contributed by atoms with Crippen molar-refractivity contribution < 1.29 is 9.90 Å². The summed E-state index contributed by atoms with van der Waals surface area (Å²) in [5, 5.41) is 12.6. The molecule has 0 heterocycles. The first-order valence-corrected chi connectivity index (χ1v) is 7.28. The van der Waals surface area contributed by atoms with Gasteiger partial charge < -0.3 is 10.4 Å². The standard InChI is InChI=1S/C18H19NO2/c20-17(21)16-8-4-7-15(11-16)13-19-18(9-10-18)12-14-5-2-1-3-6-14/h1-8,11,19H,9-10,12-13H2,(H,20,21). The van der Waals surface area contributed by atoms with Gasteiger partial charge in [-0.05, 0) is 42.5 Å². The largest absolute Gasteiger partial charge is 0.478 e. The molecular formula is C18H19NO2. The fraction of sp³-hybridized carbons (Fsp3) is 0.278. The second-order valence-electron chi connectivity index (χ2n) is 5.80. The quantitative estimate of drug-likeness (QED) is 0.854. The van der Waals surface area contributed by atoms with Crippen LogP contribution >= 0.6 is 0 Å². The third-order valence-corrected chi connectivity index (χ3v) is 4.08. The Morgan fingerprint density at radius 3 is 2.43 bits per heavy atom. The van der Waals surface area contributed by atoms with Crippen molar-refractivity contribution in [2.45, 2.75) is 31.3 Å². The van der Waals surface area contributed by atoms with E-state index in [1.165, 1.54) is 18.4 Å². The number of aromatic carboxylic acids is 1. The molecule has 0 spiro atoms. The van der Waals surface area contributed by atoms with Crippen molar-refractivity contribution in [2.24, 2.45) is 0 Å². The number of hydrogen-bond acceptors (Lipinski definition) is 2. The molecule has 0 aliphatic heterocycles. The molecule has 108 valence electrons. The third-order valence-electron chi connectivity index (χ3n) is 4.08. The summed E-state index contributed by atoms with van der Waals surface area (Å²) in [6.45, 7) is 0.716. The van der Waals surface area contributed by atoms with Gasteiger partial charge in [0.25, 0.3) is 0 Å². The summed E-state index contributed by atoms with van der Waals surface area (Å²) in [6.07, 6.45) is 3.40. The normalized spacial score (nSPS) is 15.6. The predicted octanol–water partition coefficient (Wildman–Crippen LogP) is 3.25. The summed E-state index contributed by atoms with van der Waals surface area (Å²) in [5.74, 6) is -0.873. The van der Waals surface area contributed by atoms with E-state index in [4.69, 9.17) is 5.11 Å². The number of carbonyl (C=O) groups is 1. The molecule has 1 aliphatic rings. The molecule has 1 fully saturated rings. The van der Waals surface area contributed by atoms with Gasteiger partial charge in [0.1, 0.15) is 0 Å². The lowest BCUT2D eigenvalue weighted by Gasteiger charge is -2.17. The Balaban J connectivity index is 1.62. The lowest BCUT2D eigenvalue weighted by Crippen LogP contribution is -2.32. The van der Waals surface area contributed by atoms with Crippen molar-refractivity contribution in [2.75, 3.05) is 0 Å². The van der Waals surface area contributed by atoms with Gasteiger partial charge in [0.05, 0.1) is 5.56 Å². The SMILES string of the molecule is O=C(O)c1cccc(CNC2(Cc3ccccc3)CC2)c1. The van der Waals surface area contributed by atoms with Crippen LogP contribution in [-0.2, 0) is 13.0 Å². The van der Waals surface area contributed by atoms with Gasteiger partial charge in [0.15, 0.2) is 0 Å². The summed E-state index contributed by atoms with van der Waals surface area (Å²) in [5.41, 5.74) is 2.92. The van der Waals surface area contributed by atoms with Crippen LogP contribution in [0.1, 0.15) is 34.3 Å². The van der Waals surface area contributed by atoms with Crippen molar-refractivity contribution in [3.05, 3.63) is 71.3 Å². The number of rotatable bonds is 6. The van der Waals surface area contributed by atoms with E-state index in [-0.39, 0.29) is 5.54 Å². The molecule has 0 unspecified atom stereocenters. The van der Waals surface area contributed by atoms with Gasteiger partial charge in [-0.25, -0.2) is 4.79 Å². The van der Waals surface area contributed by atoms with Crippen LogP contribution < -0.4 is 5.32 Å². The smallest absolute Gasteiger partial charge is 0.335 e. The topological polar surface area (TPSA) is 49.3 Å². The highest BCUT2D eigenvalue weighted by Crippen LogP contribution is 2.38. The summed E-state index contributed by atoms with van der Waals surface area (Å²) in [4.78, 5) is 11.0. The molecule has 0 saturated heterocycles. The molecule has 0 atom stereocenters. The molecule has 2 aromatic rings. The van der Waals surface area contributed by atoms with E-state index in [2.05, 4.69) is 29.6 Å². The van der Waals surface area contributed by atoms with E-state index in [1.54, 1.807) is 18.2 Å². The van der Waals surface area contributed by atoms with Crippen molar-refractivity contribution in [3.63, 3.8) is 0 Å². The molecule has 3 heteroatoms. The highest BCUT2D eigenvalue weighted by molar-refractivity contribution is 5.87. The van der Waals surface area contributed by atoms with E-state index in [0.717, 1.165) is 12.0 Å². The van der Waals surface area contributed by atoms with Crippen LogP contribution in [0.25, 0.3) is 0 Å². The van der Waals surface area contributed by atoms with Crippen LogP contribution in [0.5, 0.6) is 0 Å². The van der Waals surface area contributed by atoms with Gasteiger partial charge in [-0.1, -0.05) is 42.5 Å². The Labute approximate surface area is 124 Å². The van der Waals surface area contributed by atoms with Crippen LogP contribution in [0.2, 0.25) is 0 Å². The Morgan fingerprint density at radius 2 is 1.76 bits per heavy atom. The van der Waals surface area contributed by atoms with Crippen molar-refractivity contribution in [3.8, 4) is 0 Å². The zero-order valence-electron chi connectivity index (χ0n) is 11.9. The van der Waals surface area contributed by atoms with Gasteiger partial charge in [-0.2, -0.15) is 0 Å². The molecule has 0 bridgehead atoms. The third kappa shape index (κ3) is 3.50. The first-order valence-electron chi connectivity index (χ1n) is 7.28. The van der Waals surface area contributed by atoms with Gasteiger partial charge in [-0.15, -0.1) is 0 Å². The van der Waals surface area contributed by atoms with E-state index in [9.17, 15) is 4.79 Å². The van der Waals surface area contributed by atoms with Crippen molar-refractivity contribution in [1.29, 1.82) is 0 Å². The summed E-state index contributed by atoms with van der Waals surface area (Å²) in [7, 11) is 0. The molecule has 0 amide bonds. The van der Waals surface area contributed by atoms with E-state index >= 15 is 0 Å². The monoisotopic (exact) mass is 281 g/mol. The van der Waals surface area contributed by atoms with Crippen LogP contribution in [-0.4, -0.2) is 16.6 Å². The molecule has 1 aliphatic carbocycles. The van der Waals surface area contributed by atoms with Crippen molar-refractivity contribution in [1.82, 2.24) is 5.32 Å². The van der Waals surface area contributed by atoms with E-state index in [1.807, 2.05) is 12.1 Å². The molecule has 2 aromatic carbocycles. The maximum absolute atomic E-state index is 11.0. The highest BCUT2D eigenvalue weighted by atomic mass is 16.4. The zero-order valence-corrected chi connectivity index (χ0v) is 11.9. The Bertz CT molecular complexity index is 633. The summed E-state index contributed by atoms with van der Waals surface area (Å²) in [6, 6.07) is 17.6. The lowest BCUT2D eigenvalue weighted by molar-refractivity contribution is 0.0696. The van der Waals surface area contributed by atoms with Gasteiger partial charge in [0, 0.05) is 12.1 Å². The second kappa shape index (κ2) is 5.70. The van der Waals surface area contributed by atoms with Crippen LogP contribution in [0, 0.1) is 0 Å². The molecule has 3 nitrogen and oxygen atoms in total. The number of hydrogen-bond donors (Lipinski definition) is 2.